The summed E-state index contributed by atoms with van der Waals surface area (Å²) in [7, 11) is 0. The molecule has 0 atom stereocenters. The van der Waals surface area contributed by atoms with Crippen molar-refractivity contribution in [2.75, 3.05) is 5.32 Å². The highest BCUT2D eigenvalue weighted by Crippen LogP contribution is 2.44. The number of amides is 1. The third kappa shape index (κ3) is 3.03. The molecule has 4 nitrogen and oxygen atoms in total. The van der Waals surface area contributed by atoms with E-state index in [0.29, 0.717) is 11.6 Å². The first kappa shape index (κ1) is 15.0. The Hall–Kier alpha value is -1.36. The molecule has 0 saturated heterocycles. The summed E-state index contributed by atoms with van der Waals surface area (Å²) in [5, 5.41) is 13.6. The fraction of sp³-hybridized carbons (Fsp3) is 0.600. The van der Waals surface area contributed by atoms with Gasteiger partial charge in [0.2, 0.25) is 5.91 Å². The van der Waals surface area contributed by atoms with Crippen LogP contribution in [-0.4, -0.2) is 17.0 Å². The van der Waals surface area contributed by atoms with Crippen LogP contribution in [0, 0.1) is 11.3 Å². The van der Waals surface area contributed by atoms with E-state index >= 15 is 0 Å². The molecule has 110 valence electrons. The number of hydrogen-bond acceptors (Lipinski definition) is 3. The normalized spacial score (nSPS) is 17.4. The molecule has 2 N–H and O–H groups in total. The van der Waals surface area contributed by atoms with Crippen LogP contribution in [0.2, 0.25) is 0 Å². The molecule has 0 bridgehead atoms. The topological polar surface area (TPSA) is 66.4 Å². The molecule has 0 aromatic carbocycles. The summed E-state index contributed by atoms with van der Waals surface area (Å²) in [6.45, 7) is 4.25. The number of nitrogens with one attached hydrogen (secondary N) is 1. The van der Waals surface area contributed by atoms with Crippen LogP contribution in [0.15, 0.2) is 11.4 Å². The molecule has 5 heteroatoms. The highest BCUT2D eigenvalue weighted by molar-refractivity contribution is 7.12. The maximum atomic E-state index is 12.6. The molecule has 20 heavy (non-hydrogen) atoms. The smallest absolute Gasteiger partial charge is 0.348 e. The van der Waals surface area contributed by atoms with Crippen LogP contribution in [0.3, 0.4) is 0 Å². The van der Waals surface area contributed by atoms with Gasteiger partial charge < -0.3 is 10.4 Å². The number of carbonyl (C=O) groups is 2. The number of thiophene rings is 1. The van der Waals surface area contributed by atoms with Crippen LogP contribution in [0.25, 0.3) is 0 Å². The van der Waals surface area contributed by atoms with Gasteiger partial charge in [0.25, 0.3) is 0 Å². The molecule has 1 heterocycles. The second kappa shape index (κ2) is 5.95. The van der Waals surface area contributed by atoms with Crippen molar-refractivity contribution in [2.45, 2.75) is 46.0 Å². The zero-order chi connectivity index (χ0) is 14.8. The summed E-state index contributed by atoms with van der Waals surface area (Å²) in [6, 6.07) is 1.67. The molecule has 1 aliphatic carbocycles. The van der Waals surface area contributed by atoms with Crippen LogP contribution < -0.4 is 5.32 Å². The summed E-state index contributed by atoms with van der Waals surface area (Å²) in [4.78, 5) is 24.0. The summed E-state index contributed by atoms with van der Waals surface area (Å²) < 4.78 is 0. The van der Waals surface area contributed by atoms with Crippen LogP contribution in [-0.2, 0) is 4.79 Å². The lowest BCUT2D eigenvalue weighted by atomic mass is 9.77. The lowest BCUT2D eigenvalue weighted by Gasteiger charge is -2.29. The van der Waals surface area contributed by atoms with Gasteiger partial charge in [-0.25, -0.2) is 4.79 Å². The first-order valence-electron chi connectivity index (χ1n) is 7.07. The fourth-order valence-corrected chi connectivity index (χ4v) is 3.87. The average molecular weight is 295 g/mol. The number of aromatic carboxylic acids is 1. The molecule has 0 aliphatic heterocycles. The van der Waals surface area contributed by atoms with Crippen LogP contribution in [0.5, 0.6) is 0 Å². The zero-order valence-corrected chi connectivity index (χ0v) is 12.8. The number of carboxylic acid groups (broad SMARTS) is 1. The monoisotopic (exact) mass is 295 g/mol. The predicted molar refractivity (Wildman–Crippen MR) is 80.3 cm³/mol. The van der Waals surface area contributed by atoms with E-state index < -0.39 is 5.97 Å². The summed E-state index contributed by atoms with van der Waals surface area (Å²) in [5.41, 5.74) is 0.119. The van der Waals surface area contributed by atoms with Crippen molar-refractivity contribution in [3.05, 3.63) is 16.3 Å². The Bertz CT molecular complexity index is 501. The molecular weight excluding hydrogens is 274 g/mol. The van der Waals surface area contributed by atoms with Crippen molar-refractivity contribution in [3.63, 3.8) is 0 Å². The van der Waals surface area contributed by atoms with Crippen molar-refractivity contribution in [2.24, 2.45) is 11.3 Å². The highest BCUT2D eigenvalue weighted by Gasteiger charge is 2.41. The van der Waals surface area contributed by atoms with Crippen LogP contribution in [0.1, 0.15) is 55.6 Å². The lowest BCUT2D eigenvalue weighted by molar-refractivity contribution is -0.126. The SMILES string of the molecule is CC(C)CC1(C(=O)Nc2ccsc2C(=O)O)CCCC1. The Labute approximate surface area is 123 Å². The maximum absolute atomic E-state index is 12.6. The third-order valence-corrected chi connectivity index (χ3v) is 4.85. The van der Waals surface area contributed by atoms with Crippen molar-refractivity contribution >= 4 is 28.9 Å². The second-order valence-electron chi connectivity index (χ2n) is 6.01. The Morgan fingerprint density at radius 2 is 2.05 bits per heavy atom. The molecule has 0 spiro atoms. The summed E-state index contributed by atoms with van der Waals surface area (Å²) in [6.07, 6.45) is 4.84. The van der Waals surface area contributed by atoms with Gasteiger partial charge >= 0.3 is 5.97 Å². The molecular formula is C15H21NO3S. The average Bonchev–Trinajstić information content (AvgIpc) is 2.97. The molecule has 0 radical (unpaired) electrons. The van der Waals surface area contributed by atoms with Gasteiger partial charge in [-0.15, -0.1) is 11.3 Å². The van der Waals surface area contributed by atoms with Gasteiger partial charge in [0, 0.05) is 5.41 Å². The van der Waals surface area contributed by atoms with Gasteiger partial charge in [-0.3, -0.25) is 4.79 Å². The predicted octanol–water partition coefficient (Wildman–Crippen LogP) is 3.99. The van der Waals surface area contributed by atoms with E-state index in [9.17, 15) is 9.59 Å². The van der Waals surface area contributed by atoms with Crippen molar-refractivity contribution < 1.29 is 14.7 Å². The molecule has 1 amide bonds. The molecule has 1 aromatic rings. The molecule has 2 rings (SSSR count). The van der Waals surface area contributed by atoms with Gasteiger partial charge in [0.1, 0.15) is 4.88 Å². The molecule has 1 aliphatic rings. The van der Waals surface area contributed by atoms with E-state index in [1.165, 1.54) is 0 Å². The minimum absolute atomic E-state index is 0.00963. The van der Waals surface area contributed by atoms with Crippen molar-refractivity contribution in [1.82, 2.24) is 0 Å². The number of rotatable bonds is 5. The van der Waals surface area contributed by atoms with Crippen LogP contribution in [0.4, 0.5) is 5.69 Å². The van der Waals surface area contributed by atoms with Gasteiger partial charge in [-0.05, 0) is 36.6 Å². The largest absolute Gasteiger partial charge is 0.477 e. The van der Waals surface area contributed by atoms with E-state index in [2.05, 4.69) is 19.2 Å². The standard InChI is InChI=1S/C15H21NO3S/c1-10(2)9-15(6-3-4-7-15)14(19)16-11-5-8-20-12(11)13(17)18/h5,8,10H,3-4,6-7,9H2,1-2H3,(H,16,19)(H,17,18). The number of hydrogen-bond donors (Lipinski definition) is 2. The minimum atomic E-state index is -0.986. The van der Waals surface area contributed by atoms with Crippen molar-refractivity contribution in [1.29, 1.82) is 0 Å². The van der Waals surface area contributed by atoms with E-state index in [1.54, 1.807) is 11.4 Å². The van der Waals surface area contributed by atoms with Crippen LogP contribution >= 0.6 is 11.3 Å². The Morgan fingerprint density at radius 3 is 2.60 bits per heavy atom. The first-order chi connectivity index (χ1) is 9.44. The number of carboxylic acids is 1. The highest BCUT2D eigenvalue weighted by atomic mass is 32.1. The van der Waals surface area contributed by atoms with Gasteiger partial charge in [-0.2, -0.15) is 0 Å². The number of carbonyl (C=O) groups excluding carboxylic acids is 1. The summed E-state index contributed by atoms with van der Waals surface area (Å²) in [5.74, 6) is -0.537. The quantitative estimate of drug-likeness (QED) is 0.863. The number of anilines is 1. The maximum Gasteiger partial charge on any atom is 0.348 e. The fourth-order valence-electron chi connectivity index (χ4n) is 3.19. The van der Waals surface area contributed by atoms with Gasteiger partial charge in [0.05, 0.1) is 5.69 Å². The van der Waals surface area contributed by atoms with Gasteiger partial charge in [-0.1, -0.05) is 26.7 Å². The van der Waals surface area contributed by atoms with Gasteiger partial charge in [0.15, 0.2) is 0 Å². The second-order valence-corrected chi connectivity index (χ2v) is 6.92. The zero-order valence-electron chi connectivity index (χ0n) is 11.9. The van der Waals surface area contributed by atoms with E-state index in [-0.39, 0.29) is 16.2 Å². The lowest BCUT2D eigenvalue weighted by Crippen LogP contribution is -2.35. The third-order valence-electron chi connectivity index (χ3n) is 3.95. The van der Waals surface area contributed by atoms with E-state index in [4.69, 9.17) is 5.11 Å². The first-order valence-corrected chi connectivity index (χ1v) is 7.95. The Kier molecular flexibility index (Phi) is 4.48. The minimum Gasteiger partial charge on any atom is -0.477 e. The molecule has 1 fully saturated rings. The molecule has 0 unspecified atom stereocenters. The summed E-state index contributed by atoms with van der Waals surface area (Å²) >= 11 is 1.14. The molecule has 1 saturated carbocycles. The Morgan fingerprint density at radius 1 is 1.40 bits per heavy atom. The Balaban J connectivity index is 2.17. The van der Waals surface area contributed by atoms with E-state index in [1.807, 2.05) is 0 Å². The van der Waals surface area contributed by atoms with E-state index in [0.717, 1.165) is 43.4 Å². The molecule has 1 aromatic heterocycles. The van der Waals surface area contributed by atoms with Crippen molar-refractivity contribution in [3.8, 4) is 0 Å².